The number of aryl methyl sites for hydroxylation is 1. The molecule has 0 unspecified atom stereocenters. The van der Waals surface area contributed by atoms with Crippen LogP contribution in [-0.2, 0) is 14.3 Å². The van der Waals surface area contributed by atoms with Gasteiger partial charge in [0, 0.05) is 17.7 Å². The molecule has 0 aliphatic carbocycles. The zero-order valence-electron chi connectivity index (χ0n) is 14.2. The summed E-state index contributed by atoms with van der Waals surface area (Å²) in [6, 6.07) is 7.83. The first-order chi connectivity index (χ1) is 12.1. The number of thiophene rings is 1. The molecular weight excluding hydrogens is 338 g/mol. The molecule has 1 aromatic heterocycles. The number of rotatable bonds is 5. The van der Waals surface area contributed by atoms with Crippen molar-refractivity contribution in [2.75, 3.05) is 19.7 Å². The van der Waals surface area contributed by atoms with Crippen LogP contribution in [0.25, 0.3) is 10.1 Å². The molecule has 0 spiro atoms. The maximum absolute atomic E-state index is 12.4. The van der Waals surface area contributed by atoms with E-state index in [1.807, 2.05) is 31.2 Å². The fourth-order valence-electron chi connectivity index (χ4n) is 3.06. The Kier molecular flexibility index (Phi) is 5.48. The number of carbonyl (C=O) groups excluding carboxylic acids is 3. The topological polar surface area (TPSA) is 63.7 Å². The van der Waals surface area contributed by atoms with Crippen molar-refractivity contribution in [1.29, 1.82) is 0 Å². The Morgan fingerprint density at radius 1 is 1.20 bits per heavy atom. The van der Waals surface area contributed by atoms with Crippen molar-refractivity contribution in [2.45, 2.75) is 32.6 Å². The third kappa shape index (κ3) is 4.07. The molecule has 1 amide bonds. The molecule has 5 nitrogen and oxygen atoms in total. The number of likely N-dealkylation sites (tertiary alicyclic amines) is 1. The summed E-state index contributed by atoms with van der Waals surface area (Å²) in [5, 5.41) is 1.05. The number of fused-ring (bicyclic) bond motifs is 1. The molecule has 0 atom stereocenters. The van der Waals surface area contributed by atoms with Crippen molar-refractivity contribution in [3.63, 3.8) is 0 Å². The van der Waals surface area contributed by atoms with Crippen molar-refractivity contribution < 1.29 is 19.1 Å². The number of hydrogen-bond donors (Lipinski definition) is 0. The average molecular weight is 359 g/mol. The van der Waals surface area contributed by atoms with E-state index < -0.39 is 5.97 Å². The molecular formula is C19H21NO4S. The Labute approximate surface area is 150 Å². The smallest absolute Gasteiger partial charge is 0.326 e. The minimum atomic E-state index is -0.526. The maximum atomic E-state index is 12.4. The number of benzene rings is 1. The minimum absolute atomic E-state index is 0.0128. The third-order valence-corrected chi connectivity index (χ3v) is 5.77. The first-order valence-electron chi connectivity index (χ1n) is 8.51. The van der Waals surface area contributed by atoms with Crippen LogP contribution < -0.4 is 0 Å². The minimum Gasteiger partial charge on any atom is -0.456 e. The summed E-state index contributed by atoms with van der Waals surface area (Å²) < 4.78 is 6.17. The summed E-state index contributed by atoms with van der Waals surface area (Å²) in [4.78, 5) is 38.5. The van der Waals surface area contributed by atoms with E-state index in [1.165, 1.54) is 16.2 Å². The summed E-state index contributed by atoms with van der Waals surface area (Å²) in [6.45, 7) is 2.13. The molecule has 2 aromatic rings. The second kappa shape index (κ2) is 7.78. The highest BCUT2D eigenvalue weighted by molar-refractivity contribution is 7.21. The molecule has 1 aromatic carbocycles. The van der Waals surface area contributed by atoms with Gasteiger partial charge in [-0.15, -0.1) is 11.3 Å². The molecule has 1 aliphatic rings. The highest BCUT2D eigenvalue weighted by Gasteiger charge is 2.21. The predicted octanol–water partition coefficient (Wildman–Crippen LogP) is 3.34. The van der Waals surface area contributed by atoms with E-state index >= 15 is 0 Å². The highest BCUT2D eigenvalue weighted by atomic mass is 32.1. The molecule has 25 heavy (non-hydrogen) atoms. The van der Waals surface area contributed by atoms with Gasteiger partial charge in [0.2, 0.25) is 11.7 Å². The number of esters is 1. The molecule has 1 saturated heterocycles. The SMILES string of the molecule is Cc1c(C(=O)COC(=O)CN2CCCCCC2=O)sc2ccccc12. The molecule has 132 valence electrons. The molecule has 3 rings (SSSR count). The summed E-state index contributed by atoms with van der Waals surface area (Å²) in [7, 11) is 0. The number of ketones is 1. The molecule has 6 heteroatoms. The van der Waals surface area contributed by atoms with E-state index in [1.54, 1.807) is 0 Å². The van der Waals surface area contributed by atoms with Gasteiger partial charge in [-0.2, -0.15) is 0 Å². The van der Waals surface area contributed by atoms with Crippen LogP contribution in [0.2, 0.25) is 0 Å². The molecule has 0 bridgehead atoms. The van der Waals surface area contributed by atoms with E-state index in [9.17, 15) is 14.4 Å². The number of hydrogen-bond acceptors (Lipinski definition) is 5. The van der Waals surface area contributed by atoms with Crippen molar-refractivity contribution in [3.05, 3.63) is 34.7 Å². The molecule has 0 saturated carbocycles. The van der Waals surface area contributed by atoms with Gasteiger partial charge in [-0.1, -0.05) is 24.6 Å². The van der Waals surface area contributed by atoms with E-state index in [0.717, 1.165) is 34.9 Å². The summed E-state index contributed by atoms with van der Waals surface area (Å²) in [5.41, 5.74) is 0.921. The first kappa shape index (κ1) is 17.6. The van der Waals surface area contributed by atoms with Crippen LogP contribution in [0.15, 0.2) is 24.3 Å². The van der Waals surface area contributed by atoms with Gasteiger partial charge in [-0.3, -0.25) is 14.4 Å². The lowest BCUT2D eigenvalue weighted by atomic mass is 10.1. The second-order valence-corrected chi connectivity index (χ2v) is 7.31. The van der Waals surface area contributed by atoms with Crippen LogP contribution in [0.3, 0.4) is 0 Å². The molecule has 1 aliphatic heterocycles. The van der Waals surface area contributed by atoms with E-state index in [4.69, 9.17) is 4.74 Å². The monoisotopic (exact) mass is 359 g/mol. The van der Waals surface area contributed by atoms with Gasteiger partial charge in [0.05, 0.1) is 4.88 Å². The average Bonchev–Trinajstić information content (AvgIpc) is 2.82. The van der Waals surface area contributed by atoms with Crippen LogP contribution in [0.4, 0.5) is 0 Å². The Balaban J connectivity index is 1.58. The lowest BCUT2D eigenvalue weighted by Crippen LogP contribution is -2.36. The van der Waals surface area contributed by atoms with Gasteiger partial charge in [-0.25, -0.2) is 0 Å². The molecule has 0 N–H and O–H groups in total. The standard InChI is InChI=1S/C19H21NO4S/c1-13-14-7-4-5-8-16(14)25-19(13)15(21)12-24-18(23)11-20-10-6-2-3-9-17(20)22/h4-5,7-8H,2-3,6,9-12H2,1H3. The normalized spacial score (nSPS) is 15.2. The van der Waals surface area contributed by atoms with Crippen LogP contribution in [0.5, 0.6) is 0 Å². The highest BCUT2D eigenvalue weighted by Crippen LogP contribution is 2.30. The van der Waals surface area contributed by atoms with Crippen LogP contribution in [-0.4, -0.2) is 42.3 Å². The van der Waals surface area contributed by atoms with Crippen molar-refractivity contribution >= 4 is 39.1 Å². The Hall–Kier alpha value is -2.21. The number of ether oxygens (including phenoxy) is 1. The lowest BCUT2D eigenvalue weighted by molar-refractivity contribution is -0.148. The predicted molar refractivity (Wildman–Crippen MR) is 96.9 cm³/mol. The van der Waals surface area contributed by atoms with E-state index in [0.29, 0.717) is 17.8 Å². The van der Waals surface area contributed by atoms with E-state index in [-0.39, 0.29) is 24.8 Å². The lowest BCUT2D eigenvalue weighted by Gasteiger charge is -2.19. The Bertz CT molecular complexity index is 811. The first-order valence-corrected chi connectivity index (χ1v) is 9.32. The van der Waals surface area contributed by atoms with Crippen LogP contribution in [0, 0.1) is 6.92 Å². The summed E-state index contributed by atoms with van der Waals surface area (Å²) >= 11 is 1.42. The zero-order chi connectivity index (χ0) is 17.8. The number of amides is 1. The third-order valence-electron chi connectivity index (χ3n) is 4.45. The fourth-order valence-corrected chi connectivity index (χ4v) is 4.19. The van der Waals surface area contributed by atoms with Gasteiger partial charge in [-0.05, 0) is 36.8 Å². The van der Waals surface area contributed by atoms with Crippen LogP contribution >= 0.6 is 11.3 Å². The van der Waals surface area contributed by atoms with Gasteiger partial charge >= 0.3 is 5.97 Å². The number of nitrogens with zero attached hydrogens (tertiary/aromatic N) is 1. The fraction of sp³-hybridized carbons (Fsp3) is 0.421. The van der Waals surface area contributed by atoms with Gasteiger partial charge in [0.1, 0.15) is 6.54 Å². The quantitative estimate of drug-likeness (QED) is 0.607. The second-order valence-electron chi connectivity index (χ2n) is 6.26. The van der Waals surface area contributed by atoms with Crippen molar-refractivity contribution in [2.24, 2.45) is 0 Å². The largest absolute Gasteiger partial charge is 0.456 e. The molecule has 2 heterocycles. The van der Waals surface area contributed by atoms with Crippen molar-refractivity contribution in [1.82, 2.24) is 4.90 Å². The zero-order valence-corrected chi connectivity index (χ0v) is 15.1. The van der Waals surface area contributed by atoms with Gasteiger partial charge in [0.25, 0.3) is 0 Å². The maximum Gasteiger partial charge on any atom is 0.326 e. The number of Topliss-reactive ketones (excluding diaryl/α,β-unsaturated/α-hetero) is 1. The van der Waals surface area contributed by atoms with Crippen LogP contribution in [0.1, 0.15) is 40.9 Å². The van der Waals surface area contributed by atoms with Crippen molar-refractivity contribution in [3.8, 4) is 0 Å². The van der Waals surface area contributed by atoms with Gasteiger partial charge < -0.3 is 9.64 Å². The van der Waals surface area contributed by atoms with E-state index in [2.05, 4.69) is 0 Å². The number of carbonyl (C=O) groups is 3. The summed E-state index contributed by atoms with van der Waals surface area (Å²) in [5.74, 6) is -0.738. The molecule has 0 radical (unpaired) electrons. The Morgan fingerprint density at radius 2 is 2.00 bits per heavy atom. The Morgan fingerprint density at radius 3 is 2.80 bits per heavy atom. The van der Waals surface area contributed by atoms with Gasteiger partial charge in [0.15, 0.2) is 6.61 Å². The molecule has 1 fully saturated rings. The summed E-state index contributed by atoms with van der Waals surface area (Å²) in [6.07, 6.45) is 3.25.